The molecule has 0 aliphatic heterocycles. The molecule has 1 aromatic carbocycles. The second-order valence-electron chi connectivity index (χ2n) is 4.14. The zero-order valence-electron chi connectivity index (χ0n) is 10.0. The number of nitrogens with zero attached hydrogens (tertiary/aromatic N) is 1. The van der Waals surface area contributed by atoms with Crippen LogP contribution in [0.25, 0.3) is 0 Å². The lowest BCUT2D eigenvalue weighted by Gasteiger charge is -2.13. The van der Waals surface area contributed by atoms with Crippen LogP contribution in [0.1, 0.15) is 43.4 Å². The predicted molar refractivity (Wildman–Crippen MR) is 67.7 cm³/mol. The van der Waals surface area contributed by atoms with Crippen LogP contribution >= 0.6 is 0 Å². The highest BCUT2D eigenvalue weighted by Gasteiger charge is 2.08. The fourth-order valence-corrected chi connectivity index (χ4v) is 1.70. The van der Waals surface area contributed by atoms with Crippen molar-refractivity contribution >= 4 is 5.71 Å². The van der Waals surface area contributed by atoms with E-state index in [-0.39, 0.29) is 0 Å². The number of hydrogen-bond acceptors (Lipinski definition) is 1. The van der Waals surface area contributed by atoms with Crippen molar-refractivity contribution in [1.82, 2.24) is 0 Å². The molecular formula is C14H19N. The maximum absolute atomic E-state index is 4.25. The SMILES string of the molecule is C=C/N=C(\C)c1ccc(C)cc1C(C)C. The molecule has 0 atom stereocenters. The van der Waals surface area contributed by atoms with Gasteiger partial charge in [0.15, 0.2) is 0 Å². The second-order valence-corrected chi connectivity index (χ2v) is 4.14. The van der Waals surface area contributed by atoms with Crippen LogP contribution in [-0.4, -0.2) is 5.71 Å². The molecule has 1 aromatic rings. The van der Waals surface area contributed by atoms with Gasteiger partial charge in [0.05, 0.1) is 0 Å². The van der Waals surface area contributed by atoms with Gasteiger partial charge in [0, 0.05) is 11.9 Å². The van der Waals surface area contributed by atoms with Crippen molar-refractivity contribution in [3.8, 4) is 0 Å². The first-order chi connectivity index (χ1) is 7.06. The van der Waals surface area contributed by atoms with E-state index in [2.05, 4.69) is 50.5 Å². The van der Waals surface area contributed by atoms with E-state index in [9.17, 15) is 0 Å². The van der Waals surface area contributed by atoms with E-state index in [4.69, 9.17) is 0 Å². The molecular weight excluding hydrogens is 182 g/mol. The summed E-state index contributed by atoms with van der Waals surface area (Å²) in [6.07, 6.45) is 1.60. The molecule has 0 fully saturated rings. The van der Waals surface area contributed by atoms with Crippen LogP contribution in [0, 0.1) is 6.92 Å². The van der Waals surface area contributed by atoms with Crippen LogP contribution in [0.2, 0.25) is 0 Å². The van der Waals surface area contributed by atoms with Crippen molar-refractivity contribution in [3.63, 3.8) is 0 Å². The largest absolute Gasteiger partial charge is 0.262 e. The van der Waals surface area contributed by atoms with Crippen LogP contribution in [0.4, 0.5) is 0 Å². The highest BCUT2D eigenvalue weighted by Crippen LogP contribution is 2.21. The molecule has 0 bridgehead atoms. The Morgan fingerprint density at radius 1 is 1.40 bits per heavy atom. The Morgan fingerprint density at radius 2 is 2.07 bits per heavy atom. The molecule has 80 valence electrons. The summed E-state index contributed by atoms with van der Waals surface area (Å²) in [7, 11) is 0. The molecule has 15 heavy (non-hydrogen) atoms. The van der Waals surface area contributed by atoms with Gasteiger partial charge < -0.3 is 0 Å². The fourth-order valence-electron chi connectivity index (χ4n) is 1.70. The number of hydrogen-bond donors (Lipinski definition) is 0. The van der Waals surface area contributed by atoms with Gasteiger partial charge in [0.2, 0.25) is 0 Å². The summed E-state index contributed by atoms with van der Waals surface area (Å²) in [5.41, 5.74) is 4.93. The summed E-state index contributed by atoms with van der Waals surface area (Å²) in [6, 6.07) is 6.51. The minimum atomic E-state index is 0.523. The third kappa shape index (κ3) is 2.79. The molecule has 0 saturated carbocycles. The number of rotatable bonds is 3. The van der Waals surface area contributed by atoms with Crippen LogP contribution in [0.5, 0.6) is 0 Å². The molecule has 1 heteroatoms. The average molecular weight is 201 g/mol. The maximum atomic E-state index is 4.25. The van der Waals surface area contributed by atoms with E-state index in [1.54, 1.807) is 6.20 Å². The van der Waals surface area contributed by atoms with Crippen molar-refractivity contribution in [2.75, 3.05) is 0 Å². The second kappa shape index (κ2) is 4.92. The van der Waals surface area contributed by atoms with E-state index in [0.717, 1.165) is 5.71 Å². The summed E-state index contributed by atoms with van der Waals surface area (Å²) in [5, 5.41) is 0. The molecule has 1 rings (SSSR count). The molecule has 0 aromatic heterocycles. The zero-order chi connectivity index (χ0) is 11.4. The van der Waals surface area contributed by atoms with E-state index >= 15 is 0 Å². The first-order valence-electron chi connectivity index (χ1n) is 5.32. The lowest BCUT2D eigenvalue weighted by atomic mass is 9.93. The van der Waals surface area contributed by atoms with Gasteiger partial charge >= 0.3 is 0 Å². The Hall–Kier alpha value is -1.37. The molecule has 0 unspecified atom stereocenters. The molecule has 1 nitrogen and oxygen atoms in total. The Balaban J connectivity index is 3.28. The monoisotopic (exact) mass is 201 g/mol. The lowest BCUT2D eigenvalue weighted by molar-refractivity contribution is 0.862. The van der Waals surface area contributed by atoms with Crippen LogP contribution in [-0.2, 0) is 0 Å². The Labute approximate surface area is 92.6 Å². The van der Waals surface area contributed by atoms with Gasteiger partial charge in [-0.3, -0.25) is 4.99 Å². The molecule has 0 saturated heterocycles. The highest BCUT2D eigenvalue weighted by molar-refractivity contribution is 6.00. The van der Waals surface area contributed by atoms with Crippen molar-refractivity contribution in [2.45, 2.75) is 33.6 Å². The standard InChI is InChI=1S/C14H19N/c1-6-15-12(5)13-8-7-11(4)9-14(13)10(2)3/h6-10H,1H2,2-5H3/b15-12+. The third-order valence-corrected chi connectivity index (χ3v) is 2.50. The minimum absolute atomic E-state index is 0.523. The van der Waals surface area contributed by atoms with Crippen molar-refractivity contribution in [3.05, 3.63) is 47.7 Å². The van der Waals surface area contributed by atoms with E-state index in [1.807, 2.05) is 6.92 Å². The Morgan fingerprint density at radius 3 is 2.60 bits per heavy atom. The average Bonchev–Trinajstić information content (AvgIpc) is 2.17. The van der Waals surface area contributed by atoms with Gasteiger partial charge in [-0.1, -0.05) is 44.2 Å². The first-order valence-corrected chi connectivity index (χ1v) is 5.32. The van der Waals surface area contributed by atoms with Crippen LogP contribution in [0.3, 0.4) is 0 Å². The molecule has 0 aliphatic rings. The summed E-state index contributed by atoms with van der Waals surface area (Å²) < 4.78 is 0. The number of aryl methyl sites for hydroxylation is 1. The quantitative estimate of drug-likeness (QED) is 0.654. The summed E-state index contributed by atoms with van der Waals surface area (Å²) >= 11 is 0. The Bertz CT molecular complexity index is 386. The Kier molecular flexibility index (Phi) is 3.84. The highest BCUT2D eigenvalue weighted by atomic mass is 14.7. The van der Waals surface area contributed by atoms with Gasteiger partial charge in [-0.2, -0.15) is 0 Å². The molecule has 0 amide bonds. The molecule has 0 heterocycles. The van der Waals surface area contributed by atoms with E-state index in [1.165, 1.54) is 16.7 Å². The van der Waals surface area contributed by atoms with Gasteiger partial charge in [-0.25, -0.2) is 0 Å². The van der Waals surface area contributed by atoms with Crippen LogP contribution < -0.4 is 0 Å². The number of benzene rings is 1. The van der Waals surface area contributed by atoms with Crippen molar-refractivity contribution < 1.29 is 0 Å². The van der Waals surface area contributed by atoms with Crippen molar-refractivity contribution in [2.24, 2.45) is 4.99 Å². The molecule has 0 N–H and O–H groups in total. The molecule has 0 aliphatic carbocycles. The smallest absolute Gasteiger partial charge is 0.0447 e. The summed E-state index contributed by atoms with van der Waals surface area (Å²) in [6.45, 7) is 12.2. The first kappa shape index (κ1) is 11.7. The van der Waals surface area contributed by atoms with E-state index < -0.39 is 0 Å². The zero-order valence-corrected chi connectivity index (χ0v) is 10.0. The van der Waals surface area contributed by atoms with Gasteiger partial charge in [0.25, 0.3) is 0 Å². The van der Waals surface area contributed by atoms with E-state index in [0.29, 0.717) is 5.92 Å². The maximum Gasteiger partial charge on any atom is 0.0447 e. The lowest BCUT2D eigenvalue weighted by Crippen LogP contribution is -2.02. The van der Waals surface area contributed by atoms with Crippen molar-refractivity contribution in [1.29, 1.82) is 0 Å². The topological polar surface area (TPSA) is 12.4 Å². The van der Waals surface area contributed by atoms with Gasteiger partial charge in [-0.15, -0.1) is 0 Å². The number of aliphatic imine (C=N–C) groups is 1. The predicted octanol–water partition coefficient (Wildman–Crippen LogP) is 4.07. The molecule has 0 spiro atoms. The van der Waals surface area contributed by atoms with Crippen LogP contribution in [0.15, 0.2) is 36.0 Å². The fraction of sp³-hybridized carbons (Fsp3) is 0.357. The normalized spacial score (nSPS) is 11.9. The summed E-state index contributed by atoms with van der Waals surface area (Å²) in [5.74, 6) is 0.523. The van der Waals surface area contributed by atoms with Gasteiger partial charge in [0.1, 0.15) is 0 Å². The summed E-state index contributed by atoms with van der Waals surface area (Å²) in [4.78, 5) is 4.25. The molecule has 0 radical (unpaired) electrons. The van der Waals surface area contributed by atoms with Gasteiger partial charge in [-0.05, 0) is 30.9 Å². The minimum Gasteiger partial charge on any atom is -0.262 e. The third-order valence-electron chi connectivity index (χ3n) is 2.50.